The van der Waals surface area contributed by atoms with E-state index < -0.39 is 10.7 Å². The first kappa shape index (κ1) is 14.0. The Morgan fingerprint density at radius 2 is 2.17 bits per heavy atom. The molecule has 1 fully saturated rings. The van der Waals surface area contributed by atoms with Crippen LogP contribution in [0.5, 0.6) is 5.75 Å². The molecule has 1 aliphatic rings. The van der Waals surface area contributed by atoms with Crippen molar-refractivity contribution in [1.82, 2.24) is 0 Å². The topological polar surface area (TPSA) is 51.5 Å². The van der Waals surface area contributed by atoms with E-state index in [1.807, 2.05) is 18.2 Å². The minimum absolute atomic E-state index is 0.295. The van der Waals surface area contributed by atoms with Crippen molar-refractivity contribution in [3.63, 3.8) is 0 Å². The summed E-state index contributed by atoms with van der Waals surface area (Å²) in [5.41, 5.74) is 0. The molecule has 0 aromatic heterocycles. The molecule has 1 unspecified atom stereocenters. The number of rotatable bonds is 4. The van der Waals surface area contributed by atoms with Gasteiger partial charge in [-0.25, -0.2) is 0 Å². The van der Waals surface area contributed by atoms with Gasteiger partial charge >= 0.3 is 0 Å². The second-order valence-electron chi connectivity index (χ2n) is 4.08. The maximum Gasteiger partial charge on any atom is 0.146 e. The maximum atomic E-state index is 8.31. The number of halogens is 1. The van der Waals surface area contributed by atoms with Gasteiger partial charge in [0.1, 0.15) is 12.5 Å². The number of hydrogen-bond donors (Lipinski definition) is 1. The van der Waals surface area contributed by atoms with Crippen LogP contribution in [0.25, 0.3) is 0 Å². The molecule has 1 aromatic carbocycles. The molecule has 4 nitrogen and oxygen atoms in total. The summed E-state index contributed by atoms with van der Waals surface area (Å²) >= 11 is 3.44. The Labute approximate surface area is 118 Å². The quantitative estimate of drug-likeness (QED) is 0.921. The molecule has 0 bridgehead atoms. The summed E-state index contributed by atoms with van der Waals surface area (Å²) in [6.45, 7) is 1.74. The Bertz CT molecular complexity index is 435. The van der Waals surface area contributed by atoms with Crippen LogP contribution in [0.4, 0.5) is 0 Å². The van der Waals surface area contributed by atoms with Gasteiger partial charge < -0.3 is 14.2 Å². The molecule has 1 N–H and O–H groups in total. The highest BCUT2D eigenvalue weighted by atomic mass is 79.9. The van der Waals surface area contributed by atoms with E-state index in [0.717, 1.165) is 20.9 Å². The summed E-state index contributed by atoms with van der Waals surface area (Å²) in [4.78, 5) is 0.928. The number of benzene rings is 1. The molecular weight excluding hydrogens is 318 g/mol. The van der Waals surface area contributed by atoms with Gasteiger partial charge in [0.25, 0.3) is 0 Å². The second-order valence-corrected chi connectivity index (χ2v) is 6.55. The van der Waals surface area contributed by atoms with Crippen LogP contribution in [0, 0.1) is 10.7 Å². The van der Waals surface area contributed by atoms with Crippen LogP contribution in [0.15, 0.2) is 27.6 Å². The summed E-state index contributed by atoms with van der Waals surface area (Å²) in [5.74, 6) is 1.81. The van der Waals surface area contributed by atoms with Gasteiger partial charge in [-0.05, 0) is 18.2 Å². The molecule has 18 heavy (non-hydrogen) atoms. The summed E-state index contributed by atoms with van der Waals surface area (Å²) in [6, 6.07) is 5.77. The minimum atomic E-state index is -0.618. The van der Waals surface area contributed by atoms with E-state index in [1.54, 1.807) is 7.11 Å². The lowest BCUT2D eigenvalue weighted by molar-refractivity contribution is -0.120. The van der Waals surface area contributed by atoms with Crippen molar-refractivity contribution in [2.45, 2.75) is 4.90 Å². The van der Waals surface area contributed by atoms with E-state index in [4.69, 9.17) is 19.0 Å². The highest BCUT2D eigenvalue weighted by molar-refractivity contribution is 9.10. The highest BCUT2D eigenvalue weighted by Gasteiger charge is 2.18. The smallest absolute Gasteiger partial charge is 0.146 e. The van der Waals surface area contributed by atoms with Crippen molar-refractivity contribution in [2.75, 3.05) is 32.9 Å². The lowest BCUT2D eigenvalue weighted by Gasteiger charge is -2.23. The van der Waals surface area contributed by atoms with Gasteiger partial charge in [0.15, 0.2) is 0 Å². The van der Waals surface area contributed by atoms with Crippen molar-refractivity contribution in [3.8, 4) is 5.75 Å². The summed E-state index contributed by atoms with van der Waals surface area (Å²) in [6.07, 6.45) is 0. The molecule has 2 rings (SSSR count). The monoisotopic (exact) mass is 333 g/mol. The Kier molecular flexibility index (Phi) is 5.17. The Balaban J connectivity index is 2.09. The fraction of sp³-hybridized carbons (Fsp3) is 0.500. The average molecular weight is 334 g/mol. The molecule has 6 heteroatoms. The molecule has 0 radical (unpaired) electrons. The molecule has 0 spiro atoms. The van der Waals surface area contributed by atoms with Gasteiger partial charge in [-0.2, -0.15) is 0 Å². The van der Waals surface area contributed by atoms with Crippen molar-refractivity contribution >= 4 is 26.6 Å². The molecule has 1 aromatic rings. The Hall–Kier alpha value is -0.430. The van der Waals surface area contributed by atoms with E-state index in [0.29, 0.717) is 25.9 Å². The Morgan fingerprint density at radius 1 is 1.44 bits per heavy atom. The molecule has 1 aliphatic heterocycles. The lowest BCUT2D eigenvalue weighted by atomic mass is 10.2. The molecule has 1 atom stereocenters. The van der Waals surface area contributed by atoms with Crippen molar-refractivity contribution in [3.05, 3.63) is 22.7 Å². The van der Waals surface area contributed by atoms with Crippen LogP contribution in [0.1, 0.15) is 0 Å². The predicted octanol–water partition coefficient (Wildman–Crippen LogP) is 2.82. The van der Waals surface area contributed by atoms with Crippen molar-refractivity contribution in [2.24, 2.45) is 5.92 Å². The zero-order valence-electron chi connectivity index (χ0n) is 10.1. The SMILES string of the molecule is COc1ccc(Br)cc1S(=N)CC1COCOC1. The zero-order chi connectivity index (χ0) is 13.0. The maximum absolute atomic E-state index is 8.31. The summed E-state index contributed by atoms with van der Waals surface area (Å²) in [5, 5.41) is 0. The number of hydrogen-bond acceptors (Lipinski definition) is 4. The minimum Gasteiger partial charge on any atom is -0.496 e. The van der Waals surface area contributed by atoms with Gasteiger partial charge in [0.2, 0.25) is 0 Å². The fourth-order valence-electron chi connectivity index (χ4n) is 1.80. The molecule has 0 aliphatic carbocycles. The Morgan fingerprint density at radius 3 is 2.83 bits per heavy atom. The average Bonchev–Trinajstić information content (AvgIpc) is 2.40. The summed E-state index contributed by atoms with van der Waals surface area (Å²) < 4.78 is 25.1. The van der Waals surface area contributed by atoms with E-state index in [-0.39, 0.29) is 0 Å². The third-order valence-electron chi connectivity index (χ3n) is 2.67. The van der Waals surface area contributed by atoms with E-state index in [2.05, 4.69) is 15.9 Å². The number of ether oxygens (including phenoxy) is 3. The zero-order valence-corrected chi connectivity index (χ0v) is 12.6. The van der Waals surface area contributed by atoms with Gasteiger partial charge in [-0.1, -0.05) is 26.6 Å². The predicted molar refractivity (Wildman–Crippen MR) is 74.2 cm³/mol. The van der Waals surface area contributed by atoms with Crippen molar-refractivity contribution in [1.29, 1.82) is 4.78 Å². The third-order valence-corrected chi connectivity index (χ3v) is 4.82. The number of methoxy groups -OCH3 is 1. The number of nitrogens with one attached hydrogen (secondary N) is 1. The van der Waals surface area contributed by atoms with Crippen LogP contribution < -0.4 is 4.74 Å². The highest BCUT2D eigenvalue weighted by Crippen LogP contribution is 2.27. The van der Waals surface area contributed by atoms with Gasteiger partial charge in [-0.3, -0.25) is 4.78 Å². The van der Waals surface area contributed by atoms with Gasteiger partial charge in [-0.15, -0.1) is 0 Å². The van der Waals surface area contributed by atoms with E-state index in [9.17, 15) is 0 Å². The third kappa shape index (κ3) is 3.54. The van der Waals surface area contributed by atoms with Crippen molar-refractivity contribution < 1.29 is 14.2 Å². The standard InChI is InChI=1S/C12H16BrNO3S/c1-15-11-3-2-10(13)4-12(11)18(14)7-9-5-16-8-17-6-9/h2-4,9,14H,5-8H2,1H3. The first-order valence-corrected chi connectivity index (χ1v) is 7.80. The molecule has 1 heterocycles. The molecule has 100 valence electrons. The largest absolute Gasteiger partial charge is 0.496 e. The fourth-order valence-corrected chi connectivity index (χ4v) is 3.82. The molecular formula is C12H16BrNO3S. The molecule has 0 saturated carbocycles. The van der Waals surface area contributed by atoms with E-state index >= 15 is 0 Å². The van der Waals surface area contributed by atoms with E-state index in [1.165, 1.54) is 0 Å². The second kappa shape index (κ2) is 6.65. The van der Waals surface area contributed by atoms with Crippen LogP contribution in [0.2, 0.25) is 0 Å². The van der Waals surface area contributed by atoms with Crippen LogP contribution in [-0.4, -0.2) is 32.9 Å². The van der Waals surface area contributed by atoms with Crippen LogP contribution >= 0.6 is 15.9 Å². The van der Waals surface area contributed by atoms with Crippen LogP contribution in [-0.2, 0) is 20.2 Å². The van der Waals surface area contributed by atoms with Gasteiger partial charge in [0.05, 0.1) is 25.2 Å². The summed E-state index contributed by atoms with van der Waals surface area (Å²) in [7, 11) is 1.02. The molecule has 0 amide bonds. The lowest BCUT2D eigenvalue weighted by Crippen LogP contribution is -2.28. The van der Waals surface area contributed by atoms with Gasteiger partial charge in [0, 0.05) is 16.1 Å². The van der Waals surface area contributed by atoms with Crippen LogP contribution in [0.3, 0.4) is 0 Å². The first-order chi connectivity index (χ1) is 8.70. The normalized spacial score (nSPS) is 18.6. The first-order valence-electron chi connectivity index (χ1n) is 5.62. The molecule has 1 saturated heterocycles.